The topological polar surface area (TPSA) is 92.3 Å². The second-order valence-electron chi connectivity index (χ2n) is 4.31. The summed E-state index contributed by atoms with van der Waals surface area (Å²) in [5.41, 5.74) is 1.89. The Balaban J connectivity index is 2.04. The van der Waals surface area contributed by atoms with Crippen molar-refractivity contribution in [2.75, 3.05) is 0 Å². The van der Waals surface area contributed by atoms with E-state index in [1.807, 2.05) is 19.1 Å². The number of pyridine rings is 1. The van der Waals surface area contributed by atoms with Crippen LogP contribution in [0.1, 0.15) is 5.56 Å². The summed E-state index contributed by atoms with van der Waals surface area (Å²) in [7, 11) is 0. The number of hydrogen-bond acceptors (Lipinski definition) is 6. The van der Waals surface area contributed by atoms with Gasteiger partial charge in [-0.2, -0.15) is 4.98 Å². The van der Waals surface area contributed by atoms with Crippen LogP contribution in [0.3, 0.4) is 0 Å². The first kappa shape index (κ1) is 12.2. The Hall–Kier alpha value is -2.89. The van der Waals surface area contributed by atoms with Crippen LogP contribution in [0.25, 0.3) is 23.0 Å². The average molecular weight is 269 g/mol. The second-order valence-corrected chi connectivity index (χ2v) is 4.31. The molecular formula is C14H11N3O3. The molecule has 0 atom stereocenters. The van der Waals surface area contributed by atoms with Gasteiger partial charge in [0.25, 0.3) is 5.89 Å². The third-order valence-corrected chi connectivity index (χ3v) is 2.82. The molecule has 2 heterocycles. The lowest BCUT2D eigenvalue weighted by atomic mass is 10.2. The van der Waals surface area contributed by atoms with Crippen molar-refractivity contribution in [2.45, 2.75) is 6.92 Å². The van der Waals surface area contributed by atoms with Gasteiger partial charge in [-0.15, -0.1) is 0 Å². The maximum Gasteiger partial charge on any atom is 0.262 e. The van der Waals surface area contributed by atoms with Crippen LogP contribution in [0.2, 0.25) is 0 Å². The van der Waals surface area contributed by atoms with E-state index < -0.39 is 0 Å². The molecule has 0 aliphatic heterocycles. The van der Waals surface area contributed by atoms with Crippen molar-refractivity contribution in [3.63, 3.8) is 0 Å². The number of benzene rings is 1. The summed E-state index contributed by atoms with van der Waals surface area (Å²) in [6.45, 7) is 1.94. The Morgan fingerprint density at radius 2 is 2.00 bits per heavy atom. The number of phenolic OH excluding ortho intramolecular Hbond substituents is 2. The monoisotopic (exact) mass is 269 g/mol. The molecule has 3 aromatic rings. The number of aromatic nitrogens is 3. The molecule has 0 saturated carbocycles. The van der Waals surface area contributed by atoms with E-state index in [2.05, 4.69) is 15.1 Å². The lowest BCUT2D eigenvalue weighted by Crippen LogP contribution is -1.86. The van der Waals surface area contributed by atoms with Crippen LogP contribution in [0.15, 0.2) is 41.1 Å². The minimum Gasteiger partial charge on any atom is -0.504 e. The third-order valence-electron chi connectivity index (χ3n) is 2.82. The van der Waals surface area contributed by atoms with Crippen molar-refractivity contribution in [3.8, 4) is 34.5 Å². The molecular weight excluding hydrogens is 258 g/mol. The minimum absolute atomic E-state index is 0.122. The fourth-order valence-corrected chi connectivity index (χ4v) is 1.80. The molecule has 0 aliphatic rings. The SMILES string of the molecule is Cc1ccnc(-c2noc(-c3cccc(O)c3O)n2)c1. The zero-order valence-corrected chi connectivity index (χ0v) is 10.6. The molecule has 0 aliphatic carbocycles. The van der Waals surface area contributed by atoms with Crippen molar-refractivity contribution in [1.29, 1.82) is 0 Å². The molecule has 0 fully saturated rings. The van der Waals surface area contributed by atoms with Crippen LogP contribution in [-0.2, 0) is 0 Å². The lowest BCUT2D eigenvalue weighted by molar-refractivity contribution is 0.397. The Bertz CT molecular complexity index is 768. The summed E-state index contributed by atoms with van der Waals surface area (Å²) in [5.74, 6) is -0.0843. The van der Waals surface area contributed by atoms with Gasteiger partial charge < -0.3 is 14.7 Å². The molecule has 0 bridgehead atoms. The van der Waals surface area contributed by atoms with Gasteiger partial charge in [-0.3, -0.25) is 4.98 Å². The molecule has 2 aromatic heterocycles. The Kier molecular flexibility index (Phi) is 2.83. The standard InChI is InChI=1S/C14H11N3O3/c1-8-5-6-15-10(7-8)13-16-14(20-17-13)9-3-2-4-11(18)12(9)19/h2-7,18-19H,1H3. The minimum atomic E-state index is -0.292. The first-order chi connectivity index (χ1) is 9.65. The lowest BCUT2D eigenvalue weighted by Gasteiger charge is -2.00. The van der Waals surface area contributed by atoms with E-state index in [0.717, 1.165) is 5.56 Å². The maximum atomic E-state index is 9.78. The maximum absolute atomic E-state index is 9.78. The van der Waals surface area contributed by atoms with Crippen LogP contribution in [-0.4, -0.2) is 25.3 Å². The Morgan fingerprint density at radius 3 is 2.80 bits per heavy atom. The number of aromatic hydroxyl groups is 2. The van der Waals surface area contributed by atoms with Crippen molar-refractivity contribution >= 4 is 0 Å². The first-order valence-electron chi connectivity index (χ1n) is 5.93. The summed E-state index contributed by atoms with van der Waals surface area (Å²) in [5, 5.41) is 23.1. The van der Waals surface area contributed by atoms with Crippen LogP contribution in [0.5, 0.6) is 11.5 Å². The molecule has 100 valence electrons. The summed E-state index contributed by atoms with van der Waals surface area (Å²) in [6, 6.07) is 8.23. The van der Waals surface area contributed by atoms with E-state index in [-0.39, 0.29) is 23.0 Å². The normalized spacial score (nSPS) is 10.7. The second kappa shape index (κ2) is 4.65. The molecule has 0 saturated heterocycles. The first-order valence-corrected chi connectivity index (χ1v) is 5.93. The van der Waals surface area contributed by atoms with Crippen LogP contribution >= 0.6 is 0 Å². The van der Waals surface area contributed by atoms with Crippen molar-refractivity contribution < 1.29 is 14.7 Å². The Morgan fingerprint density at radius 1 is 1.15 bits per heavy atom. The van der Waals surface area contributed by atoms with E-state index in [4.69, 9.17) is 4.52 Å². The van der Waals surface area contributed by atoms with E-state index in [1.54, 1.807) is 18.3 Å². The molecule has 0 radical (unpaired) electrons. The zero-order valence-electron chi connectivity index (χ0n) is 10.6. The number of nitrogens with zero attached hydrogens (tertiary/aromatic N) is 3. The molecule has 0 amide bonds. The van der Waals surface area contributed by atoms with E-state index in [9.17, 15) is 10.2 Å². The van der Waals surface area contributed by atoms with Gasteiger partial charge in [0.05, 0.1) is 5.56 Å². The van der Waals surface area contributed by atoms with Gasteiger partial charge in [-0.1, -0.05) is 11.2 Å². The van der Waals surface area contributed by atoms with Crippen LogP contribution < -0.4 is 0 Å². The third kappa shape index (κ3) is 2.07. The van der Waals surface area contributed by atoms with Gasteiger partial charge >= 0.3 is 0 Å². The summed E-state index contributed by atoms with van der Waals surface area (Å²) < 4.78 is 5.11. The van der Waals surface area contributed by atoms with Crippen molar-refractivity contribution in [1.82, 2.24) is 15.1 Å². The van der Waals surface area contributed by atoms with Gasteiger partial charge in [0, 0.05) is 6.20 Å². The highest BCUT2D eigenvalue weighted by Crippen LogP contribution is 2.35. The molecule has 1 aromatic carbocycles. The van der Waals surface area contributed by atoms with Gasteiger partial charge in [0.15, 0.2) is 11.5 Å². The van der Waals surface area contributed by atoms with Gasteiger partial charge in [-0.25, -0.2) is 0 Å². The van der Waals surface area contributed by atoms with Crippen LogP contribution in [0.4, 0.5) is 0 Å². The molecule has 20 heavy (non-hydrogen) atoms. The number of hydrogen-bond donors (Lipinski definition) is 2. The molecule has 3 rings (SSSR count). The van der Waals surface area contributed by atoms with Gasteiger partial charge in [-0.05, 0) is 36.8 Å². The average Bonchev–Trinajstić information content (AvgIpc) is 2.91. The largest absolute Gasteiger partial charge is 0.504 e. The van der Waals surface area contributed by atoms with E-state index >= 15 is 0 Å². The molecule has 0 spiro atoms. The zero-order chi connectivity index (χ0) is 14.1. The molecule has 6 heteroatoms. The van der Waals surface area contributed by atoms with Crippen molar-refractivity contribution in [3.05, 3.63) is 42.1 Å². The van der Waals surface area contributed by atoms with E-state index in [1.165, 1.54) is 6.07 Å². The van der Waals surface area contributed by atoms with Gasteiger partial charge in [0.2, 0.25) is 5.82 Å². The van der Waals surface area contributed by atoms with Gasteiger partial charge in [0.1, 0.15) is 5.69 Å². The number of phenols is 2. The molecule has 2 N–H and O–H groups in total. The number of para-hydroxylation sites is 1. The quantitative estimate of drug-likeness (QED) is 0.694. The van der Waals surface area contributed by atoms with Crippen molar-refractivity contribution in [2.24, 2.45) is 0 Å². The smallest absolute Gasteiger partial charge is 0.262 e. The fourth-order valence-electron chi connectivity index (χ4n) is 1.80. The predicted molar refractivity (Wildman–Crippen MR) is 71.0 cm³/mol. The highest BCUT2D eigenvalue weighted by Gasteiger charge is 2.16. The number of rotatable bonds is 2. The molecule has 0 unspecified atom stereocenters. The highest BCUT2D eigenvalue weighted by atomic mass is 16.5. The predicted octanol–water partition coefficient (Wildman–Crippen LogP) is 2.52. The number of aryl methyl sites for hydroxylation is 1. The van der Waals surface area contributed by atoms with Crippen LogP contribution in [0, 0.1) is 6.92 Å². The summed E-state index contributed by atoms with van der Waals surface area (Å²) >= 11 is 0. The van der Waals surface area contributed by atoms with E-state index in [0.29, 0.717) is 11.5 Å². The molecule has 6 nitrogen and oxygen atoms in total. The highest BCUT2D eigenvalue weighted by molar-refractivity contribution is 5.67. The summed E-state index contributed by atoms with van der Waals surface area (Å²) in [4.78, 5) is 8.34. The fraction of sp³-hybridized carbons (Fsp3) is 0.0714. The Labute approximate surface area is 114 Å². The summed E-state index contributed by atoms with van der Waals surface area (Å²) in [6.07, 6.45) is 1.66.